The van der Waals surface area contributed by atoms with Crippen LogP contribution in [0, 0.1) is 13.8 Å². The van der Waals surface area contributed by atoms with Gasteiger partial charge in [0.15, 0.2) is 5.82 Å². The number of aryl methyl sites for hydroxylation is 2. The molecular weight excluding hydrogens is 226 g/mol. The zero-order chi connectivity index (χ0) is 13.0. The van der Waals surface area contributed by atoms with Crippen molar-refractivity contribution in [1.29, 1.82) is 0 Å². The number of aromatic nitrogens is 2. The molecule has 0 saturated carbocycles. The lowest BCUT2D eigenvalue weighted by Gasteiger charge is -2.10. The van der Waals surface area contributed by atoms with E-state index in [0.29, 0.717) is 0 Å². The summed E-state index contributed by atoms with van der Waals surface area (Å²) in [7, 11) is 0. The Morgan fingerprint density at radius 2 is 1.94 bits per heavy atom. The minimum Gasteiger partial charge on any atom is -0.472 e. The monoisotopic (exact) mass is 245 g/mol. The third-order valence-corrected chi connectivity index (χ3v) is 2.93. The van der Waals surface area contributed by atoms with E-state index >= 15 is 0 Å². The number of hydrogen-bond donors (Lipinski definition) is 1. The number of nitrogens with zero attached hydrogens (tertiary/aromatic N) is 2. The fourth-order valence-corrected chi connectivity index (χ4v) is 1.91. The van der Waals surface area contributed by atoms with Gasteiger partial charge in [0.25, 0.3) is 0 Å². The van der Waals surface area contributed by atoms with Crippen LogP contribution in [0.1, 0.15) is 30.3 Å². The Morgan fingerprint density at radius 3 is 2.50 bits per heavy atom. The van der Waals surface area contributed by atoms with Crippen LogP contribution in [0.2, 0.25) is 0 Å². The first-order chi connectivity index (χ1) is 8.72. The Balaban J connectivity index is 2.24. The molecule has 0 bridgehead atoms. The van der Waals surface area contributed by atoms with Crippen molar-refractivity contribution in [1.82, 2.24) is 15.3 Å². The van der Waals surface area contributed by atoms with E-state index in [-0.39, 0.29) is 0 Å². The second-order valence-corrected chi connectivity index (χ2v) is 4.39. The van der Waals surface area contributed by atoms with Gasteiger partial charge in [-0.2, -0.15) is 0 Å². The lowest BCUT2D eigenvalue weighted by molar-refractivity contribution is 0.568. The van der Waals surface area contributed by atoms with Crippen LogP contribution in [0.3, 0.4) is 0 Å². The Bertz CT molecular complexity index is 483. The molecule has 0 aromatic carbocycles. The maximum Gasteiger partial charge on any atom is 0.162 e. The molecule has 4 nitrogen and oxygen atoms in total. The molecule has 2 heterocycles. The Labute approximate surface area is 107 Å². The molecule has 2 aromatic rings. The third-order valence-electron chi connectivity index (χ3n) is 2.93. The van der Waals surface area contributed by atoms with Gasteiger partial charge in [0.2, 0.25) is 0 Å². The topological polar surface area (TPSA) is 51.0 Å². The normalized spacial score (nSPS) is 10.8. The molecule has 0 spiro atoms. The summed E-state index contributed by atoms with van der Waals surface area (Å²) in [6.07, 6.45) is 4.44. The van der Waals surface area contributed by atoms with Gasteiger partial charge in [-0.15, -0.1) is 0 Å². The summed E-state index contributed by atoms with van der Waals surface area (Å²) in [5.74, 6) is 0.734. The van der Waals surface area contributed by atoms with Crippen LogP contribution in [0.25, 0.3) is 11.4 Å². The molecule has 0 aliphatic carbocycles. The molecule has 0 amide bonds. The SMILES string of the molecule is CCCNCc1c(C)nc(-c2ccoc2)nc1C. The molecule has 0 aliphatic rings. The van der Waals surface area contributed by atoms with Crippen LogP contribution in [0.15, 0.2) is 23.0 Å². The van der Waals surface area contributed by atoms with Gasteiger partial charge < -0.3 is 9.73 Å². The van der Waals surface area contributed by atoms with Crippen molar-refractivity contribution in [3.63, 3.8) is 0 Å². The van der Waals surface area contributed by atoms with Gasteiger partial charge in [0.1, 0.15) is 6.26 Å². The van der Waals surface area contributed by atoms with E-state index in [4.69, 9.17) is 4.42 Å². The van der Waals surface area contributed by atoms with Gasteiger partial charge in [-0.3, -0.25) is 0 Å². The maximum atomic E-state index is 5.07. The standard InChI is InChI=1S/C14H19N3O/c1-4-6-15-8-13-10(2)16-14(17-11(13)3)12-5-7-18-9-12/h5,7,9,15H,4,6,8H2,1-3H3. The van der Waals surface area contributed by atoms with Gasteiger partial charge in [0.05, 0.1) is 11.8 Å². The van der Waals surface area contributed by atoms with Crippen molar-refractivity contribution in [3.8, 4) is 11.4 Å². The lowest BCUT2D eigenvalue weighted by Crippen LogP contribution is -2.17. The molecule has 96 valence electrons. The van der Waals surface area contributed by atoms with E-state index < -0.39 is 0 Å². The fourth-order valence-electron chi connectivity index (χ4n) is 1.91. The van der Waals surface area contributed by atoms with E-state index in [1.54, 1.807) is 12.5 Å². The van der Waals surface area contributed by atoms with Crippen molar-refractivity contribution >= 4 is 0 Å². The Kier molecular flexibility index (Phi) is 4.10. The quantitative estimate of drug-likeness (QED) is 0.823. The lowest BCUT2D eigenvalue weighted by atomic mass is 10.1. The molecule has 0 radical (unpaired) electrons. The summed E-state index contributed by atoms with van der Waals surface area (Å²) in [4.78, 5) is 9.09. The highest BCUT2D eigenvalue weighted by atomic mass is 16.3. The number of furan rings is 1. The highest BCUT2D eigenvalue weighted by Crippen LogP contribution is 2.19. The minimum absolute atomic E-state index is 0.734. The first-order valence-electron chi connectivity index (χ1n) is 6.29. The summed E-state index contributed by atoms with van der Waals surface area (Å²) in [6.45, 7) is 8.06. The molecule has 2 rings (SSSR count). The van der Waals surface area contributed by atoms with Crippen LogP contribution >= 0.6 is 0 Å². The van der Waals surface area contributed by atoms with E-state index in [1.807, 2.05) is 19.9 Å². The summed E-state index contributed by atoms with van der Waals surface area (Å²) in [6, 6.07) is 1.88. The first kappa shape index (κ1) is 12.8. The van der Waals surface area contributed by atoms with Crippen LogP contribution in [-0.4, -0.2) is 16.5 Å². The van der Waals surface area contributed by atoms with E-state index in [0.717, 1.165) is 42.3 Å². The zero-order valence-corrected chi connectivity index (χ0v) is 11.2. The van der Waals surface area contributed by atoms with Gasteiger partial charge in [-0.1, -0.05) is 6.92 Å². The molecule has 0 saturated heterocycles. The summed E-state index contributed by atoms with van der Waals surface area (Å²) >= 11 is 0. The van der Waals surface area contributed by atoms with Gasteiger partial charge >= 0.3 is 0 Å². The minimum atomic E-state index is 0.734. The summed E-state index contributed by atoms with van der Waals surface area (Å²) < 4.78 is 5.07. The van der Waals surface area contributed by atoms with Crippen LogP contribution < -0.4 is 5.32 Å². The molecule has 0 aliphatic heterocycles. The van der Waals surface area contributed by atoms with E-state index in [1.165, 1.54) is 5.56 Å². The smallest absolute Gasteiger partial charge is 0.162 e. The first-order valence-corrected chi connectivity index (χ1v) is 6.29. The Morgan fingerprint density at radius 1 is 1.22 bits per heavy atom. The summed E-state index contributed by atoms with van der Waals surface area (Å²) in [5, 5.41) is 3.39. The number of rotatable bonds is 5. The highest BCUT2D eigenvalue weighted by Gasteiger charge is 2.10. The van der Waals surface area contributed by atoms with Crippen LogP contribution in [0.4, 0.5) is 0 Å². The van der Waals surface area contributed by atoms with Crippen molar-refractivity contribution in [2.45, 2.75) is 33.7 Å². The zero-order valence-electron chi connectivity index (χ0n) is 11.2. The molecule has 1 N–H and O–H groups in total. The predicted octanol–water partition coefficient (Wildman–Crippen LogP) is 2.85. The number of hydrogen-bond acceptors (Lipinski definition) is 4. The number of nitrogens with one attached hydrogen (secondary N) is 1. The molecular formula is C14H19N3O. The van der Waals surface area contributed by atoms with E-state index in [9.17, 15) is 0 Å². The summed E-state index contributed by atoms with van der Waals surface area (Å²) in [5.41, 5.74) is 4.18. The van der Waals surface area contributed by atoms with Crippen molar-refractivity contribution in [2.24, 2.45) is 0 Å². The van der Waals surface area contributed by atoms with E-state index in [2.05, 4.69) is 22.2 Å². The van der Waals surface area contributed by atoms with Crippen molar-refractivity contribution in [3.05, 3.63) is 35.5 Å². The molecule has 18 heavy (non-hydrogen) atoms. The molecule has 0 fully saturated rings. The Hall–Kier alpha value is -1.68. The third kappa shape index (κ3) is 2.76. The molecule has 4 heteroatoms. The van der Waals surface area contributed by atoms with Crippen LogP contribution in [0.5, 0.6) is 0 Å². The van der Waals surface area contributed by atoms with Gasteiger partial charge in [-0.05, 0) is 32.9 Å². The largest absolute Gasteiger partial charge is 0.472 e. The van der Waals surface area contributed by atoms with Gasteiger partial charge in [0, 0.05) is 23.5 Å². The second kappa shape index (κ2) is 5.78. The van der Waals surface area contributed by atoms with Crippen molar-refractivity contribution < 1.29 is 4.42 Å². The fraction of sp³-hybridized carbons (Fsp3) is 0.429. The van der Waals surface area contributed by atoms with Crippen LogP contribution in [-0.2, 0) is 6.54 Å². The molecule has 0 unspecified atom stereocenters. The van der Waals surface area contributed by atoms with Gasteiger partial charge in [-0.25, -0.2) is 9.97 Å². The second-order valence-electron chi connectivity index (χ2n) is 4.39. The average molecular weight is 245 g/mol. The predicted molar refractivity (Wildman–Crippen MR) is 71.2 cm³/mol. The maximum absolute atomic E-state index is 5.07. The van der Waals surface area contributed by atoms with Crippen molar-refractivity contribution in [2.75, 3.05) is 6.54 Å². The molecule has 2 aromatic heterocycles. The molecule has 0 atom stereocenters. The average Bonchev–Trinajstić information content (AvgIpc) is 2.86. The highest BCUT2D eigenvalue weighted by molar-refractivity contribution is 5.53.